The van der Waals surface area contributed by atoms with Crippen molar-refractivity contribution in [2.75, 3.05) is 18.5 Å². The largest absolute Gasteiger partial charge is 0.394 e. The molecule has 0 aliphatic rings. The molecule has 0 aliphatic heterocycles. The number of hydrogen-bond acceptors (Lipinski definition) is 5. The van der Waals surface area contributed by atoms with Gasteiger partial charge in [0.1, 0.15) is 0 Å². The normalized spacial score (nSPS) is 12.9. The van der Waals surface area contributed by atoms with E-state index in [1.54, 1.807) is 0 Å². The van der Waals surface area contributed by atoms with E-state index in [4.69, 9.17) is 10.2 Å². The quantitative estimate of drug-likeness (QED) is 0.726. The van der Waals surface area contributed by atoms with Crippen molar-refractivity contribution in [3.8, 4) is 0 Å². The highest BCUT2D eigenvalue weighted by Gasteiger charge is 2.05. The molecule has 1 heterocycles. The molecule has 2 rings (SSSR count). The first-order valence-electron chi connectivity index (χ1n) is 4.68. The van der Waals surface area contributed by atoms with Crippen molar-refractivity contribution in [2.24, 2.45) is 0 Å². The number of fused-ring (bicyclic) bond motifs is 1. The molecule has 0 aliphatic carbocycles. The Morgan fingerprint density at radius 3 is 2.93 bits per heavy atom. The van der Waals surface area contributed by atoms with Crippen LogP contribution in [-0.4, -0.2) is 34.5 Å². The second-order valence-corrected chi connectivity index (χ2v) is 4.23. The van der Waals surface area contributed by atoms with Crippen molar-refractivity contribution in [1.82, 2.24) is 4.98 Å². The second-order valence-electron chi connectivity index (χ2n) is 3.20. The van der Waals surface area contributed by atoms with Crippen LogP contribution < -0.4 is 5.32 Å². The standard InChI is InChI=1S/C10H12N2O2S/c13-6-7(14)5-11-10-12-8-3-1-2-4-9(8)15-10/h1-4,7,13-14H,5-6H2,(H,11,12). The number of aliphatic hydroxyl groups is 2. The Morgan fingerprint density at radius 2 is 2.20 bits per heavy atom. The van der Waals surface area contributed by atoms with Gasteiger partial charge in [-0.1, -0.05) is 23.5 Å². The van der Waals surface area contributed by atoms with Gasteiger partial charge in [-0.15, -0.1) is 0 Å². The molecule has 1 atom stereocenters. The van der Waals surface area contributed by atoms with Crippen LogP contribution in [0.1, 0.15) is 0 Å². The highest BCUT2D eigenvalue weighted by Crippen LogP contribution is 2.25. The van der Waals surface area contributed by atoms with Gasteiger partial charge in [0.15, 0.2) is 5.13 Å². The van der Waals surface area contributed by atoms with E-state index in [1.807, 2.05) is 24.3 Å². The van der Waals surface area contributed by atoms with Gasteiger partial charge in [0.05, 0.1) is 22.9 Å². The molecule has 1 unspecified atom stereocenters. The van der Waals surface area contributed by atoms with Gasteiger partial charge in [0, 0.05) is 6.54 Å². The number of benzene rings is 1. The van der Waals surface area contributed by atoms with Gasteiger partial charge >= 0.3 is 0 Å². The Labute approximate surface area is 91.2 Å². The predicted octanol–water partition coefficient (Wildman–Crippen LogP) is 1.06. The molecule has 5 heteroatoms. The van der Waals surface area contributed by atoms with Crippen LogP contribution in [0.25, 0.3) is 10.2 Å². The lowest BCUT2D eigenvalue weighted by Gasteiger charge is -2.06. The number of rotatable bonds is 4. The Morgan fingerprint density at radius 1 is 1.40 bits per heavy atom. The summed E-state index contributed by atoms with van der Waals surface area (Å²) in [6.07, 6.45) is -0.739. The monoisotopic (exact) mass is 224 g/mol. The molecule has 0 radical (unpaired) electrons. The smallest absolute Gasteiger partial charge is 0.183 e. The van der Waals surface area contributed by atoms with Gasteiger partial charge in [-0.2, -0.15) is 0 Å². The molecule has 80 valence electrons. The third-order valence-electron chi connectivity index (χ3n) is 1.99. The molecule has 0 bridgehead atoms. The molecule has 0 saturated carbocycles. The number of aromatic nitrogens is 1. The fraction of sp³-hybridized carbons (Fsp3) is 0.300. The van der Waals surface area contributed by atoms with Crippen molar-refractivity contribution in [2.45, 2.75) is 6.10 Å². The molecule has 4 nitrogen and oxygen atoms in total. The Hall–Kier alpha value is -1.17. The summed E-state index contributed by atoms with van der Waals surface area (Å²) in [7, 11) is 0. The van der Waals surface area contributed by atoms with Crippen molar-refractivity contribution in [3.63, 3.8) is 0 Å². The SMILES string of the molecule is OCC(O)CNc1nc2ccccc2s1. The summed E-state index contributed by atoms with van der Waals surface area (Å²) >= 11 is 1.53. The molecule has 0 spiro atoms. The van der Waals surface area contributed by atoms with Crippen LogP contribution in [0.3, 0.4) is 0 Å². The first-order valence-corrected chi connectivity index (χ1v) is 5.49. The number of nitrogens with one attached hydrogen (secondary N) is 1. The number of para-hydroxylation sites is 1. The van der Waals surface area contributed by atoms with Crippen LogP contribution in [0.2, 0.25) is 0 Å². The summed E-state index contributed by atoms with van der Waals surface area (Å²) in [6, 6.07) is 7.85. The minimum atomic E-state index is -0.739. The van der Waals surface area contributed by atoms with E-state index in [2.05, 4.69) is 10.3 Å². The molecule has 3 N–H and O–H groups in total. The minimum absolute atomic E-state index is 0.238. The van der Waals surface area contributed by atoms with Crippen LogP contribution in [0.5, 0.6) is 0 Å². The van der Waals surface area contributed by atoms with E-state index in [9.17, 15) is 0 Å². The molecular formula is C10H12N2O2S. The average molecular weight is 224 g/mol. The molecule has 2 aromatic rings. The molecule has 0 saturated heterocycles. The van der Waals surface area contributed by atoms with Gasteiger partial charge < -0.3 is 15.5 Å². The first-order chi connectivity index (χ1) is 7.29. The molecule has 0 amide bonds. The van der Waals surface area contributed by atoms with Gasteiger partial charge in [0.25, 0.3) is 0 Å². The first kappa shape index (κ1) is 10.4. The zero-order chi connectivity index (χ0) is 10.7. The molecule has 1 aromatic carbocycles. The Bertz CT molecular complexity index is 411. The van der Waals surface area contributed by atoms with Crippen LogP contribution in [-0.2, 0) is 0 Å². The van der Waals surface area contributed by atoms with Crippen LogP contribution in [0.4, 0.5) is 5.13 Å². The van der Waals surface area contributed by atoms with Crippen molar-refractivity contribution in [1.29, 1.82) is 0 Å². The number of thiazole rings is 1. The summed E-state index contributed by atoms with van der Waals surface area (Å²) < 4.78 is 1.11. The molecular weight excluding hydrogens is 212 g/mol. The van der Waals surface area contributed by atoms with E-state index >= 15 is 0 Å². The molecule has 15 heavy (non-hydrogen) atoms. The van der Waals surface area contributed by atoms with Crippen molar-refractivity contribution < 1.29 is 10.2 Å². The lowest BCUT2D eigenvalue weighted by molar-refractivity contribution is 0.105. The number of hydrogen-bond donors (Lipinski definition) is 3. The Kier molecular flexibility index (Phi) is 3.15. The maximum absolute atomic E-state index is 9.16. The summed E-state index contributed by atoms with van der Waals surface area (Å²) in [5.74, 6) is 0. The van der Waals surface area contributed by atoms with E-state index in [0.717, 1.165) is 15.3 Å². The Balaban J connectivity index is 2.09. The highest BCUT2D eigenvalue weighted by molar-refractivity contribution is 7.22. The van der Waals surface area contributed by atoms with Gasteiger partial charge in [-0.3, -0.25) is 0 Å². The zero-order valence-corrected chi connectivity index (χ0v) is 8.87. The van der Waals surface area contributed by atoms with E-state index < -0.39 is 6.10 Å². The van der Waals surface area contributed by atoms with Crippen molar-refractivity contribution in [3.05, 3.63) is 24.3 Å². The highest BCUT2D eigenvalue weighted by atomic mass is 32.1. The predicted molar refractivity (Wildman–Crippen MR) is 61.2 cm³/mol. The fourth-order valence-corrected chi connectivity index (χ4v) is 2.09. The van der Waals surface area contributed by atoms with Gasteiger partial charge in [0.2, 0.25) is 0 Å². The summed E-state index contributed by atoms with van der Waals surface area (Å²) in [6.45, 7) is 0.0776. The third-order valence-corrected chi connectivity index (χ3v) is 2.99. The maximum atomic E-state index is 9.16. The third kappa shape index (κ3) is 2.44. The van der Waals surface area contributed by atoms with Crippen molar-refractivity contribution >= 4 is 26.7 Å². The summed E-state index contributed by atoms with van der Waals surface area (Å²) in [5, 5.41) is 21.6. The lowest BCUT2D eigenvalue weighted by atomic mass is 10.3. The van der Waals surface area contributed by atoms with Crippen LogP contribution in [0, 0.1) is 0 Å². The van der Waals surface area contributed by atoms with E-state index in [1.165, 1.54) is 11.3 Å². The molecule has 1 aromatic heterocycles. The number of aliphatic hydroxyl groups excluding tert-OH is 2. The number of nitrogens with zero attached hydrogens (tertiary/aromatic N) is 1. The fourth-order valence-electron chi connectivity index (χ4n) is 1.22. The minimum Gasteiger partial charge on any atom is -0.394 e. The topological polar surface area (TPSA) is 65.4 Å². The lowest BCUT2D eigenvalue weighted by Crippen LogP contribution is -2.22. The van der Waals surface area contributed by atoms with Crippen LogP contribution in [0.15, 0.2) is 24.3 Å². The second kappa shape index (κ2) is 4.57. The average Bonchev–Trinajstić information content (AvgIpc) is 2.68. The zero-order valence-electron chi connectivity index (χ0n) is 8.05. The molecule has 0 fully saturated rings. The van der Waals surface area contributed by atoms with Gasteiger partial charge in [-0.05, 0) is 12.1 Å². The summed E-state index contributed by atoms with van der Waals surface area (Å²) in [4.78, 5) is 4.33. The van der Waals surface area contributed by atoms with E-state index in [0.29, 0.717) is 6.54 Å². The maximum Gasteiger partial charge on any atom is 0.183 e. The summed E-state index contributed by atoms with van der Waals surface area (Å²) in [5.41, 5.74) is 0.948. The van der Waals surface area contributed by atoms with Crippen LogP contribution >= 0.6 is 11.3 Å². The van der Waals surface area contributed by atoms with Gasteiger partial charge in [-0.25, -0.2) is 4.98 Å². The van der Waals surface area contributed by atoms with E-state index in [-0.39, 0.29) is 6.61 Å². The number of anilines is 1.